The Balaban J connectivity index is 2.21. The standard InChI is InChI=1S/C16H23N3O2/c1-5-21-16(20)11-19(12(2)3)10-14-13-8-6-7-9-15(13)18(4)17-14/h6-9,12H,5,10-11H2,1-4H3. The first-order valence-corrected chi connectivity index (χ1v) is 7.33. The first kappa shape index (κ1) is 15.5. The summed E-state index contributed by atoms with van der Waals surface area (Å²) in [6.07, 6.45) is 0. The third-order valence-corrected chi connectivity index (χ3v) is 3.55. The molecule has 0 spiro atoms. The van der Waals surface area contributed by atoms with Gasteiger partial charge in [-0.15, -0.1) is 0 Å². The molecule has 5 nitrogen and oxygen atoms in total. The van der Waals surface area contributed by atoms with Crippen molar-refractivity contribution in [2.45, 2.75) is 33.4 Å². The van der Waals surface area contributed by atoms with Gasteiger partial charge in [0.25, 0.3) is 0 Å². The van der Waals surface area contributed by atoms with Gasteiger partial charge in [-0.1, -0.05) is 18.2 Å². The fourth-order valence-electron chi connectivity index (χ4n) is 2.39. The summed E-state index contributed by atoms with van der Waals surface area (Å²) in [6, 6.07) is 8.39. The Kier molecular flexibility index (Phi) is 4.96. The molecule has 21 heavy (non-hydrogen) atoms. The molecule has 0 unspecified atom stereocenters. The summed E-state index contributed by atoms with van der Waals surface area (Å²) in [5.74, 6) is -0.188. The zero-order valence-corrected chi connectivity index (χ0v) is 13.2. The maximum atomic E-state index is 11.7. The second-order valence-electron chi connectivity index (χ2n) is 5.39. The van der Waals surface area contributed by atoms with E-state index in [1.165, 1.54) is 0 Å². The van der Waals surface area contributed by atoms with E-state index in [9.17, 15) is 4.79 Å². The molecule has 0 aliphatic heterocycles. The second-order valence-corrected chi connectivity index (χ2v) is 5.39. The minimum absolute atomic E-state index is 0.188. The highest BCUT2D eigenvalue weighted by Gasteiger charge is 2.18. The van der Waals surface area contributed by atoms with Crippen LogP contribution >= 0.6 is 0 Å². The Hall–Kier alpha value is -1.88. The lowest BCUT2D eigenvalue weighted by Gasteiger charge is -2.24. The molecular formula is C16H23N3O2. The number of esters is 1. The number of aromatic nitrogens is 2. The monoisotopic (exact) mass is 289 g/mol. The van der Waals surface area contributed by atoms with Gasteiger partial charge in [0.2, 0.25) is 0 Å². The molecule has 1 aromatic heterocycles. The number of para-hydroxylation sites is 1. The number of hydrogen-bond donors (Lipinski definition) is 0. The number of fused-ring (bicyclic) bond motifs is 1. The van der Waals surface area contributed by atoms with E-state index in [4.69, 9.17) is 4.74 Å². The van der Waals surface area contributed by atoms with Crippen molar-refractivity contribution in [1.29, 1.82) is 0 Å². The molecule has 0 bridgehead atoms. The van der Waals surface area contributed by atoms with Gasteiger partial charge in [0.1, 0.15) is 0 Å². The van der Waals surface area contributed by atoms with Gasteiger partial charge in [0.15, 0.2) is 0 Å². The summed E-state index contributed by atoms with van der Waals surface area (Å²) in [6.45, 7) is 7.31. The first-order chi connectivity index (χ1) is 10.0. The van der Waals surface area contributed by atoms with Crippen molar-refractivity contribution in [2.75, 3.05) is 13.2 Å². The van der Waals surface area contributed by atoms with Crippen LogP contribution in [0.15, 0.2) is 24.3 Å². The number of hydrogen-bond acceptors (Lipinski definition) is 4. The quantitative estimate of drug-likeness (QED) is 0.766. The minimum atomic E-state index is -0.188. The summed E-state index contributed by atoms with van der Waals surface area (Å²) in [5, 5.41) is 5.72. The molecule has 2 rings (SSSR count). The predicted molar refractivity (Wildman–Crippen MR) is 82.9 cm³/mol. The predicted octanol–water partition coefficient (Wildman–Crippen LogP) is 2.35. The smallest absolute Gasteiger partial charge is 0.320 e. The fourth-order valence-corrected chi connectivity index (χ4v) is 2.39. The van der Waals surface area contributed by atoms with Gasteiger partial charge in [0.05, 0.1) is 24.4 Å². The maximum absolute atomic E-state index is 11.7. The van der Waals surface area contributed by atoms with Crippen LogP contribution in [0.1, 0.15) is 26.5 Å². The highest BCUT2D eigenvalue weighted by molar-refractivity contribution is 5.81. The molecule has 0 N–H and O–H groups in total. The van der Waals surface area contributed by atoms with E-state index in [0.717, 1.165) is 16.6 Å². The highest BCUT2D eigenvalue weighted by Crippen LogP contribution is 2.19. The van der Waals surface area contributed by atoms with Crippen LogP contribution in [0, 0.1) is 0 Å². The molecule has 114 valence electrons. The Labute approximate surface area is 125 Å². The van der Waals surface area contributed by atoms with Crippen molar-refractivity contribution in [2.24, 2.45) is 7.05 Å². The van der Waals surface area contributed by atoms with Crippen LogP contribution in [-0.2, 0) is 23.1 Å². The van der Waals surface area contributed by atoms with E-state index in [-0.39, 0.29) is 18.6 Å². The number of nitrogens with zero attached hydrogens (tertiary/aromatic N) is 3. The van der Waals surface area contributed by atoms with Gasteiger partial charge in [-0.05, 0) is 26.8 Å². The lowest BCUT2D eigenvalue weighted by molar-refractivity contribution is -0.145. The molecule has 0 atom stereocenters. The lowest BCUT2D eigenvalue weighted by Crippen LogP contribution is -2.36. The SMILES string of the molecule is CCOC(=O)CN(Cc1nn(C)c2ccccc12)C(C)C. The van der Waals surface area contributed by atoms with Gasteiger partial charge in [0, 0.05) is 25.0 Å². The van der Waals surface area contributed by atoms with Gasteiger partial charge < -0.3 is 4.74 Å². The molecule has 1 aromatic carbocycles. The summed E-state index contributed by atoms with van der Waals surface area (Å²) < 4.78 is 6.93. The zero-order valence-electron chi connectivity index (χ0n) is 13.2. The molecule has 0 aliphatic carbocycles. The molecule has 0 saturated carbocycles. The first-order valence-electron chi connectivity index (χ1n) is 7.33. The normalized spacial score (nSPS) is 11.5. The van der Waals surface area contributed by atoms with Gasteiger partial charge in [-0.2, -0.15) is 5.10 Å². The van der Waals surface area contributed by atoms with E-state index in [1.807, 2.05) is 30.8 Å². The number of aryl methyl sites for hydroxylation is 1. The fraction of sp³-hybridized carbons (Fsp3) is 0.500. The van der Waals surface area contributed by atoms with Crippen molar-refractivity contribution >= 4 is 16.9 Å². The molecular weight excluding hydrogens is 266 g/mol. The third-order valence-electron chi connectivity index (χ3n) is 3.55. The van der Waals surface area contributed by atoms with Crippen LogP contribution in [0.3, 0.4) is 0 Å². The van der Waals surface area contributed by atoms with E-state index in [0.29, 0.717) is 13.2 Å². The Bertz CT molecular complexity index is 619. The molecule has 2 aromatic rings. The van der Waals surface area contributed by atoms with E-state index >= 15 is 0 Å². The molecule has 1 heterocycles. The summed E-state index contributed by atoms with van der Waals surface area (Å²) >= 11 is 0. The lowest BCUT2D eigenvalue weighted by atomic mass is 10.2. The number of carbonyl (C=O) groups is 1. The number of ether oxygens (including phenoxy) is 1. The number of carbonyl (C=O) groups excluding carboxylic acids is 1. The van der Waals surface area contributed by atoms with Gasteiger partial charge in [-0.3, -0.25) is 14.4 Å². The van der Waals surface area contributed by atoms with Crippen molar-refractivity contribution in [1.82, 2.24) is 14.7 Å². The van der Waals surface area contributed by atoms with Crippen LogP contribution in [-0.4, -0.2) is 39.8 Å². The Morgan fingerprint density at radius 2 is 2.10 bits per heavy atom. The third kappa shape index (κ3) is 3.61. The second kappa shape index (κ2) is 6.72. The molecule has 5 heteroatoms. The van der Waals surface area contributed by atoms with Crippen molar-refractivity contribution in [3.63, 3.8) is 0 Å². The van der Waals surface area contributed by atoms with Crippen molar-refractivity contribution < 1.29 is 9.53 Å². The molecule has 0 fully saturated rings. The van der Waals surface area contributed by atoms with Gasteiger partial charge in [-0.25, -0.2) is 0 Å². The summed E-state index contributed by atoms with van der Waals surface area (Å²) in [5.41, 5.74) is 2.10. The maximum Gasteiger partial charge on any atom is 0.320 e. The van der Waals surface area contributed by atoms with Crippen LogP contribution in [0.25, 0.3) is 10.9 Å². The average Bonchev–Trinajstić information content (AvgIpc) is 2.75. The van der Waals surface area contributed by atoms with Crippen molar-refractivity contribution in [3.8, 4) is 0 Å². The number of benzene rings is 1. The number of rotatable bonds is 6. The largest absolute Gasteiger partial charge is 0.465 e. The Morgan fingerprint density at radius 1 is 1.38 bits per heavy atom. The summed E-state index contributed by atoms with van der Waals surface area (Å²) in [7, 11) is 1.94. The van der Waals surface area contributed by atoms with E-state index in [2.05, 4.69) is 36.0 Å². The zero-order chi connectivity index (χ0) is 15.4. The topological polar surface area (TPSA) is 47.4 Å². The van der Waals surface area contributed by atoms with E-state index in [1.54, 1.807) is 0 Å². The Morgan fingerprint density at radius 3 is 2.76 bits per heavy atom. The molecule has 0 amide bonds. The molecule has 0 radical (unpaired) electrons. The van der Waals surface area contributed by atoms with Crippen LogP contribution < -0.4 is 0 Å². The average molecular weight is 289 g/mol. The molecule has 0 saturated heterocycles. The minimum Gasteiger partial charge on any atom is -0.465 e. The van der Waals surface area contributed by atoms with E-state index < -0.39 is 0 Å². The molecule has 0 aliphatic rings. The van der Waals surface area contributed by atoms with Crippen LogP contribution in [0.4, 0.5) is 0 Å². The van der Waals surface area contributed by atoms with Crippen LogP contribution in [0.5, 0.6) is 0 Å². The highest BCUT2D eigenvalue weighted by atomic mass is 16.5. The summed E-state index contributed by atoms with van der Waals surface area (Å²) in [4.78, 5) is 13.8. The van der Waals surface area contributed by atoms with Crippen molar-refractivity contribution in [3.05, 3.63) is 30.0 Å². The van der Waals surface area contributed by atoms with Crippen LogP contribution in [0.2, 0.25) is 0 Å². The van der Waals surface area contributed by atoms with Gasteiger partial charge >= 0.3 is 5.97 Å².